The number of carbonyl (C=O) groups is 1. The monoisotopic (exact) mass is 441 g/mol. The Labute approximate surface area is 194 Å². The number of carbonyl (C=O) groups excluding carboxylic acids is 1. The molecular weight excluding hydrogens is 414 g/mol. The summed E-state index contributed by atoms with van der Waals surface area (Å²) in [6, 6.07) is 23.9. The van der Waals surface area contributed by atoms with Crippen LogP contribution in [-0.4, -0.2) is 38.7 Å². The molecule has 5 heteroatoms. The smallest absolute Gasteiger partial charge is 0.258 e. The van der Waals surface area contributed by atoms with Gasteiger partial charge in [0.2, 0.25) is 5.75 Å². The molecule has 0 aromatic heterocycles. The Hall–Kier alpha value is -3.99. The van der Waals surface area contributed by atoms with E-state index in [1.54, 1.807) is 21.3 Å². The van der Waals surface area contributed by atoms with E-state index in [1.165, 1.54) is 5.56 Å². The Bertz CT molecular complexity index is 1160. The van der Waals surface area contributed by atoms with Crippen LogP contribution in [0, 0.1) is 0 Å². The van der Waals surface area contributed by atoms with E-state index in [9.17, 15) is 4.79 Å². The lowest BCUT2D eigenvalue weighted by Gasteiger charge is -2.20. The molecule has 0 atom stereocenters. The lowest BCUT2D eigenvalue weighted by molar-refractivity contribution is -0.122. The van der Waals surface area contributed by atoms with E-state index >= 15 is 0 Å². The second-order valence-electron chi connectivity index (χ2n) is 7.65. The zero-order valence-corrected chi connectivity index (χ0v) is 19.1. The Morgan fingerprint density at radius 3 is 2.00 bits per heavy atom. The van der Waals surface area contributed by atoms with E-state index in [0.29, 0.717) is 29.4 Å². The minimum atomic E-state index is -0.0291. The van der Waals surface area contributed by atoms with Crippen molar-refractivity contribution in [3.05, 3.63) is 101 Å². The highest BCUT2D eigenvalue weighted by Crippen LogP contribution is 2.39. The topological polar surface area (TPSA) is 48.0 Å². The molecule has 0 radical (unpaired) electrons. The van der Waals surface area contributed by atoms with E-state index in [-0.39, 0.29) is 5.91 Å². The maximum atomic E-state index is 13.5. The maximum absolute atomic E-state index is 13.5. The summed E-state index contributed by atoms with van der Waals surface area (Å²) in [6.07, 6.45) is 4.58. The third kappa shape index (κ3) is 4.77. The van der Waals surface area contributed by atoms with Crippen molar-refractivity contribution in [2.45, 2.75) is 6.42 Å². The molecule has 3 aromatic rings. The fourth-order valence-electron chi connectivity index (χ4n) is 3.98. The molecule has 1 heterocycles. The number of amides is 1. The summed E-state index contributed by atoms with van der Waals surface area (Å²) in [6.45, 7) is 0.593. The summed E-state index contributed by atoms with van der Waals surface area (Å²) < 4.78 is 16.3. The highest BCUT2D eigenvalue weighted by Gasteiger charge is 2.29. The van der Waals surface area contributed by atoms with E-state index in [0.717, 1.165) is 23.2 Å². The summed E-state index contributed by atoms with van der Waals surface area (Å²) in [4.78, 5) is 15.3. The van der Waals surface area contributed by atoms with Crippen LogP contribution in [0.1, 0.15) is 16.7 Å². The Morgan fingerprint density at radius 2 is 1.42 bits per heavy atom. The second kappa shape index (κ2) is 10.1. The van der Waals surface area contributed by atoms with Crippen LogP contribution in [0.3, 0.4) is 0 Å². The molecule has 0 spiro atoms. The quantitative estimate of drug-likeness (QED) is 0.450. The predicted octanol–water partition coefficient (Wildman–Crippen LogP) is 5.22. The van der Waals surface area contributed by atoms with Crippen LogP contribution in [-0.2, 0) is 11.2 Å². The molecule has 1 aliphatic heterocycles. The largest absolute Gasteiger partial charge is 0.493 e. The van der Waals surface area contributed by atoms with Crippen LogP contribution in [0.5, 0.6) is 17.2 Å². The number of benzene rings is 3. The van der Waals surface area contributed by atoms with Gasteiger partial charge in [0.25, 0.3) is 5.91 Å². The molecule has 33 heavy (non-hydrogen) atoms. The number of hydrogen-bond donors (Lipinski definition) is 0. The zero-order chi connectivity index (χ0) is 23.2. The maximum Gasteiger partial charge on any atom is 0.258 e. The highest BCUT2D eigenvalue weighted by molar-refractivity contribution is 6.10. The molecule has 0 unspecified atom stereocenters. The number of ether oxygens (including phenoxy) is 3. The van der Waals surface area contributed by atoms with Gasteiger partial charge in [0.15, 0.2) is 11.5 Å². The molecule has 4 rings (SSSR count). The molecule has 0 saturated carbocycles. The lowest BCUT2D eigenvalue weighted by atomic mass is 10.1. The van der Waals surface area contributed by atoms with Gasteiger partial charge < -0.3 is 19.1 Å². The van der Waals surface area contributed by atoms with Crippen molar-refractivity contribution in [1.29, 1.82) is 0 Å². The molecule has 3 aromatic carbocycles. The predicted molar refractivity (Wildman–Crippen MR) is 130 cm³/mol. The van der Waals surface area contributed by atoms with E-state index in [2.05, 4.69) is 12.1 Å². The summed E-state index contributed by atoms with van der Waals surface area (Å²) >= 11 is 0. The van der Waals surface area contributed by atoms with Crippen molar-refractivity contribution in [2.75, 3.05) is 27.9 Å². The van der Waals surface area contributed by atoms with Gasteiger partial charge in [0.05, 0.1) is 27.0 Å². The minimum absolute atomic E-state index is 0.0291. The van der Waals surface area contributed by atoms with Crippen molar-refractivity contribution < 1.29 is 19.0 Å². The summed E-state index contributed by atoms with van der Waals surface area (Å²) in [5.74, 6) is 1.58. The standard InChI is InChI=1S/C28H27NO4/c1-31-25-17-21(18-26(32-2)27(25)33-3)16-23-19-24(22-12-8-5-9-13-22)29(28(23)30)15-14-20-10-6-4-7-11-20/h4-13,16-19H,14-15H2,1-3H3/b23-16+. The molecule has 0 N–H and O–H groups in total. The second-order valence-corrected chi connectivity index (χ2v) is 7.65. The van der Waals surface area contributed by atoms with Gasteiger partial charge in [-0.15, -0.1) is 0 Å². The van der Waals surface area contributed by atoms with E-state index in [1.807, 2.05) is 77.7 Å². The summed E-state index contributed by atoms with van der Waals surface area (Å²) in [5, 5.41) is 0. The normalized spacial score (nSPS) is 14.4. The molecule has 0 aliphatic carbocycles. The lowest BCUT2D eigenvalue weighted by Crippen LogP contribution is -2.27. The summed E-state index contributed by atoms with van der Waals surface area (Å²) in [7, 11) is 4.72. The molecule has 0 fully saturated rings. The van der Waals surface area contributed by atoms with Gasteiger partial charge in [-0.1, -0.05) is 60.7 Å². The first-order valence-electron chi connectivity index (χ1n) is 10.8. The third-order valence-corrected chi connectivity index (χ3v) is 5.62. The molecule has 1 aliphatic rings. The fraction of sp³-hybridized carbons (Fsp3) is 0.179. The molecule has 0 saturated heterocycles. The van der Waals surface area contributed by atoms with Crippen molar-refractivity contribution in [1.82, 2.24) is 4.90 Å². The summed E-state index contributed by atoms with van der Waals surface area (Å²) in [5.41, 5.74) is 4.50. The average Bonchev–Trinajstić information content (AvgIpc) is 3.18. The molecule has 0 bridgehead atoms. The van der Waals surface area contributed by atoms with Crippen molar-refractivity contribution in [3.8, 4) is 17.2 Å². The van der Waals surface area contributed by atoms with Gasteiger partial charge in [-0.2, -0.15) is 0 Å². The molecule has 168 valence electrons. The van der Waals surface area contributed by atoms with Crippen LogP contribution < -0.4 is 14.2 Å². The van der Waals surface area contributed by atoms with Gasteiger partial charge in [0, 0.05) is 12.1 Å². The van der Waals surface area contributed by atoms with E-state index in [4.69, 9.17) is 14.2 Å². The molecular formula is C28H27NO4. The van der Waals surface area contributed by atoms with Crippen LogP contribution in [0.25, 0.3) is 11.8 Å². The van der Waals surface area contributed by atoms with Crippen molar-refractivity contribution in [2.24, 2.45) is 0 Å². The number of nitrogens with zero attached hydrogens (tertiary/aromatic N) is 1. The molecule has 1 amide bonds. The van der Waals surface area contributed by atoms with Crippen LogP contribution in [0.4, 0.5) is 0 Å². The number of hydrogen-bond acceptors (Lipinski definition) is 4. The minimum Gasteiger partial charge on any atom is -0.493 e. The van der Waals surface area contributed by atoms with E-state index < -0.39 is 0 Å². The Balaban J connectivity index is 1.70. The van der Waals surface area contributed by atoms with Gasteiger partial charge in [-0.05, 0) is 47.4 Å². The fourth-order valence-corrected chi connectivity index (χ4v) is 3.98. The van der Waals surface area contributed by atoms with Crippen molar-refractivity contribution >= 4 is 17.7 Å². The van der Waals surface area contributed by atoms with Gasteiger partial charge in [0.1, 0.15) is 0 Å². The van der Waals surface area contributed by atoms with Gasteiger partial charge in [-0.3, -0.25) is 4.79 Å². The average molecular weight is 442 g/mol. The third-order valence-electron chi connectivity index (χ3n) is 5.62. The molecule has 5 nitrogen and oxygen atoms in total. The first-order valence-corrected chi connectivity index (χ1v) is 10.8. The first kappa shape index (κ1) is 22.2. The zero-order valence-electron chi connectivity index (χ0n) is 19.1. The van der Waals surface area contributed by atoms with Crippen molar-refractivity contribution in [3.63, 3.8) is 0 Å². The Kier molecular flexibility index (Phi) is 6.79. The highest BCUT2D eigenvalue weighted by atomic mass is 16.5. The number of rotatable bonds is 8. The Morgan fingerprint density at radius 1 is 0.818 bits per heavy atom. The van der Waals surface area contributed by atoms with Crippen LogP contribution in [0.15, 0.2) is 84.4 Å². The number of methoxy groups -OCH3 is 3. The first-order chi connectivity index (χ1) is 16.1. The SMILES string of the molecule is COc1cc(/C=C2\C=C(c3ccccc3)N(CCc3ccccc3)C2=O)cc(OC)c1OC. The van der Waals surface area contributed by atoms with Gasteiger partial charge in [-0.25, -0.2) is 0 Å². The van der Waals surface area contributed by atoms with Crippen LogP contribution >= 0.6 is 0 Å². The van der Waals surface area contributed by atoms with Gasteiger partial charge >= 0.3 is 0 Å². The van der Waals surface area contributed by atoms with Crippen LogP contribution in [0.2, 0.25) is 0 Å².